The van der Waals surface area contributed by atoms with Crippen LogP contribution in [0.15, 0.2) is 11.8 Å². The number of allylic oxidation sites excluding steroid dienone is 2. The number of rotatable bonds is 1. The third-order valence-electron chi connectivity index (χ3n) is 0.744. The van der Waals surface area contributed by atoms with Gasteiger partial charge in [0.2, 0.25) is 0 Å². The highest BCUT2D eigenvalue weighted by Crippen LogP contribution is 1.82. The van der Waals surface area contributed by atoms with Crippen LogP contribution >= 0.6 is 0 Å². The number of hydrogen-bond donors (Lipinski definition) is 2. The van der Waals surface area contributed by atoms with Crippen molar-refractivity contribution in [3.8, 4) is 0 Å². The SMILES string of the molecule is C/C=C(\N)C(C)=N. The van der Waals surface area contributed by atoms with Crippen LogP contribution in [0.3, 0.4) is 0 Å². The van der Waals surface area contributed by atoms with Gasteiger partial charge in [0.15, 0.2) is 0 Å². The maximum Gasteiger partial charge on any atom is 0.0508 e. The Morgan fingerprint density at radius 3 is 2.14 bits per heavy atom. The van der Waals surface area contributed by atoms with Crippen LogP contribution < -0.4 is 5.73 Å². The molecule has 0 aliphatic heterocycles. The molecule has 0 aromatic carbocycles. The van der Waals surface area contributed by atoms with Gasteiger partial charge in [0.1, 0.15) is 0 Å². The van der Waals surface area contributed by atoms with Crippen molar-refractivity contribution in [3.05, 3.63) is 11.8 Å². The summed E-state index contributed by atoms with van der Waals surface area (Å²) in [6.45, 7) is 3.47. The molecule has 2 nitrogen and oxygen atoms in total. The highest BCUT2D eigenvalue weighted by molar-refractivity contribution is 5.94. The molecule has 0 spiro atoms. The summed E-state index contributed by atoms with van der Waals surface area (Å²) in [6.07, 6.45) is 1.71. The first-order chi connectivity index (χ1) is 3.18. The zero-order chi connectivity index (χ0) is 5.86. The largest absolute Gasteiger partial charge is 0.398 e. The number of hydrogen-bond acceptors (Lipinski definition) is 2. The van der Waals surface area contributed by atoms with Crippen molar-refractivity contribution in [1.82, 2.24) is 0 Å². The predicted molar refractivity (Wildman–Crippen MR) is 31.3 cm³/mol. The van der Waals surface area contributed by atoms with Gasteiger partial charge in [-0.3, -0.25) is 0 Å². The van der Waals surface area contributed by atoms with Crippen LogP contribution in [-0.4, -0.2) is 5.71 Å². The molecular weight excluding hydrogens is 88.1 g/mol. The first-order valence-electron chi connectivity index (χ1n) is 2.15. The monoisotopic (exact) mass is 98.1 g/mol. The molecule has 0 aliphatic carbocycles. The molecule has 0 unspecified atom stereocenters. The molecule has 0 aromatic rings. The van der Waals surface area contributed by atoms with Gasteiger partial charge in [-0.1, -0.05) is 6.08 Å². The van der Waals surface area contributed by atoms with E-state index in [1.807, 2.05) is 6.92 Å². The smallest absolute Gasteiger partial charge is 0.0508 e. The van der Waals surface area contributed by atoms with Crippen molar-refractivity contribution in [2.45, 2.75) is 13.8 Å². The van der Waals surface area contributed by atoms with Gasteiger partial charge in [-0.05, 0) is 13.8 Å². The lowest BCUT2D eigenvalue weighted by Gasteiger charge is -1.90. The van der Waals surface area contributed by atoms with E-state index in [0.29, 0.717) is 11.4 Å². The topological polar surface area (TPSA) is 49.9 Å². The van der Waals surface area contributed by atoms with Crippen LogP contribution in [0.2, 0.25) is 0 Å². The highest BCUT2D eigenvalue weighted by atomic mass is 14.6. The second-order valence-electron chi connectivity index (χ2n) is 1.37. The summed E-state index contributed by atoms with van der Waals surface area (Å²) >= 11 is 0. The molecule has 3 N–H and O–H groups in total. The lowest BCUT2D eigenvalue weighted by molar-refractivity contribution is 1.36. The van der Waals surface area contributed by atoms with Gasteiger partial charge in [-0.25, -0.2) is 0 Å². The van der Waals surface area contributed by atoms with E-state index in [9.17, 15) is 0 Å². The Balaban J connectivity index is 3.82. The summed E-state index contributed by atoms with van der Waals surface area (Å²) in [5.74, 6) is 0. The normalized spacial score (nSPS) is 11.4. The van der Waals surface area contributed by atoms with E-state index in [1.54, 1.807) is 13.0 Å². The Kier molecular flexibility index (Phi) is 2.12. The standard InChI is InChI=1S/C5H10N2/c1-3-5(7)4(2)6/h3,6H,7H2,1-2H3/b5-3-,6-4?. The quantitative estimate of drug-likeness (QED) is 0.470. The summed E-state index contributed by atoms with van der Waals surface area (Å²) in [5.41, 5.74) is 6.24. The fraction of sp³-hybridized carbons (Fsp3) is 0.400. The highest BCUT2D eigenvalue weighted by Gasteiger charge is 1.84. The van der Waals surface area contributed by atoms with E-state index in [2.05, 4.69) is 0 Å². The molecule has 40 valence electrons. The van der Waals surface area contributed by atoms with E-state index >= 15 is 0 Å². The van der Waals surface area contributed by atoms with Crippen LogP contribution in [-0.2, 0) is 0 Å². The third kappa shape index (κ3) is 1.98. The van der Waals surface area contributed by atoms with Crippen LogP contribution in [0, 0.1) is 5.41 Å². The Morgan fingerprint density at radius 1 is 1.71 bits per heavy atom. The lowest BCUT2D eigenvalue weighted by atomic mass is 10.3. The summed E-state index contributed by atoms with van der Waals surface area (Å²) in [7, 11) is 0. The van der Waals surface area contributed by atoms with E-state index in [-0.39, 0.29) is 0 Å². The first-order valence-corrected chi connectivity index (χ1v) is 2.15. The Hall–Kier alpha value is -0.790. The fourth-order valence-electron chi connectivity index (χ4n) is 0.217. The molecule has 7 heavy (non-hydrogen) atoms. The van der Waals surface area contributed by atoms with Gasteiger partial charge in [0.25, 0.3) is 0 Å². The molecule has 0 bridgehead atoms. The van der Waals surface area contributed by atoms with E-state index in [1.165, 1.54) is 0 Å². The van der Waals surface area contributed by atoms with Crippen molar-refractivity contribution < 1.29 is 0 Å². The van der Waals surface area contributed by atoms with Crippen LogP contribution in [0.4, 0.5) is 0 Å². The maximum absolute atomic E-state index is 6.91. The van der Waals surface area contributed by atoms with E-state index in [0.717, 1.165) is 0 Å². The molecule has 0 rings (SSSR count). The Morgan fingerprint density at radius 2 is 2.14 bits per heavy atom. The fourth-order valence-corrected chi connectivity index (χ4v) is 0.217. The van der Waals surface area contributed by atoms with Gasteiger partial charge in [0.05, 0.1) is 5.71 Å². The minimum Gasteiger partial charge on any atom is -0.398 e. The average Bonchev–Trinajstić information content (AvgIpc) is 1.65. The minimum absolute atomic E-state index is 0.433. The van der Waals surface area contributed by atoms with Crippen molar-refractivity contribution >= 4 is 5.71 Å². The molecule has 0 saturated heterocycles. The Bertz CT molecular complexity index is 103. The molecule has 0 atom stereocenters. The van der Waals surface area contributed by atoms with Gasteiger partial charge < -0.3 is 11.1 Å². The lowest BCUT2D eigenvalue weighted by Crippen LogP contribution is -2.04. The van der Waals surface area contributed by atoms with Crippen LogP contribution in [0.25, 0.3) is 0 Å². The average molecular weight is 98.1 g/mol. The second kappa shape index (κ2) is 2.39. The van der Waals surface area contributed by atoms with Crippen molar-refractivity contribution in [1.29, 1.82) is 5.41 Å². The van der Waals surface area contributed by atoms with Crippen LogP contribution in [0.5, 0.6) is 0 Å². The number of nitrogens with two attached hydrogens (primary N) is 1. The third-order valence-corrected chi connectivity index (χ3v) is 0.744. The first kappa shape index (κ1) is 6.21. The molecular formula is C5H10N2. The molecule has 0 saturated carbocycles. The van der Waals surface area contributed by atoms with Gasteiger partial charge in [-0.2, -0.15) is 0 Å². The van der Waals surface area contributed by atoms with Gasteiger partial charge in [0, 0.05) is 5.70 Å². The summed E-state index contributed by atoms with van der Waals surface area (Å²) in [6, 6.07) is 0. The summed E-state index contributed by atoms with van der Waals surface area (Å²) in [5, 5.41) is 6.91. The molecule has 0 aliphatic rings. The minimum atomic E-state index is 0.433. The summed E-state index contributed by atoms with van der Waals surface area (Å²) < 4.78 is 0. The van der Waals surface area contributed by atoms with Crippen molar-refractivity contribution in [3.63, 3.8) is 0 Å². The van der Waals surface area contributed by atoms with Gasteiger partial charge >= 0.3 is 0 Å². The zero-order valence-corrected chi connectivity index (χ0v) is 4.65. The van der Waals surface area contributed by atoms with Crippen molar-refractivity contribution in [2.24, 2.45) is 5.73 Å². The zero-order valence-electron chi connectivity index (χ0n) is 4.65. The molecule has 0 fully saturated rings. The van der Waals surface area contributed by atoms with E-state index in [4.69, 9.17) is 11.1 Å². The molecule has 0 radical (unpaired) electrons. The van der Waals surface area contributed by atoms with Crippen molar-refractivity contribution in [2.75, 3.05) is 0 Å². The number of nitrogens with one attached hydrogen (secondary N) is 1. The molecule has 0 amide bonds. The predicted octanol–water partition coefficient (Wildman–Crippen LogP) is 0.889. The van der Waals surface area contributed by atoms with Gasteiger partial charge in [-0.15, -0.1) is 0 Å². The second-order valence-corrected chi connectivity index (χ2v) is 1.37. The Labute approximate surface area is 43.5 Å². The van der Waals surface area contributed by atoms with Crippen LogP contribution in [0.1, 0.15) is 13.8 Å². The molecule has 2 heteroatoms. The molecule has 0 heterocycles. The molecule has 0 aromatic heterocycles. The maximum atomic E-state index is 6.91. The van der Waals surface area contributed by atoms with E-state index < -0.39 is 0 Å². The summed E-state index contributed by atoms with van der Waals surface area (Å²) in [4.78, 5) is 0.